The van der Waals surface area contributed by atoms with E-state index in [1.54, 1.807) is 36.7 Å². The Morgan fingerprint density at radius 3 is 2.14 bits per heavy atom. The average Bonchev–Trinajstić information content (AvgIpc) is 2.46. The van der Waals surface area contributed by atoms with E-state index in [4.69, 9.17) is 0 Å². The molecule has 2 rings (SSSR count). The van der Waals surface area contributed by atoms with Gasteiger partial charge in [-0.3, -0.25) is 4.98 Å². The molecule has 0 aliphatic rings. The van der Waals surface area contributed by atoms with E-state index in [-0.39, 0.29) is 5.41 Å². The Kier molecular flexibility index (Phi) is 4.32. The zero-order valence-corrected chi connectivity index (χ0v) is 13.3. The smallest absolute Gasteiger partial charge is 0.175 e. The molecule has 0 atom stereocenters. The third-order valence-electron chi connectivity index (χ3n) is 3.48. The fourth-order valence-electron chi connectivity index (χ4n) is 2.05. The van der Waals surface area contributed by atoms with E-state index in [0.29, 0.717) is 4.90 Å². The lowest BCUT2D eigenvalue weighted by atomic mass is 9.85. The van der Waals surface area contributed by atoms with Crippen LogP contribution in [0.5, 0.6) is 0 Å². The normalized spacial score (nSPS) is 12.1. The van der Waals surface area contributed by atoms with Crippen LogP contribution in [-0.2, 0) is 15.3 Å². The number of benzene rings is 1. The predicted octanol–water partition coefficient (Wildman–Crippen LogP) is 2.87. The molecule has 0 aliphatic heterocycles. The van der Waals surface area contributed by atoms with Crippen molar-refractivity contribution in [2.45, 2.75) is 24.2 Å². The van der Waals surface area contributed by atoms with Crippen molar-refractivity contribution >= 4 is 15.5 Å². The van der Waals surface area contributed by atoms with Crippen molar-refractivity contribution < 1.29 is 8.42 Å². The van der Waals surface area contributed by atoms with Crippen LogP contribution in [0.4, 0.5) is 5.69 Å². The third-order valence-corrected chi connectivity index (χ3v) is 4.61. The van der Waals surface area contributed by atoms with E-state index < -0.39 is 9.84 Å². The molecule has 2 aromatic rings. The van der Waals surface area contributed by atoms with E-state index >= 15 is 0 Å². The van der Waals surface area contributed by atoms with Crippen molar-refractivity contribution in [1.82, 2.24) is 4.98 Å². The molecule has 0 unspecified atom stereocenters. The summed E-state index contributed by atoms with van der Waals surface area (Å²) in [7, 11) is -3.14. The molecular formula is C16H20N2O2S. The van der Waals surface area contributed by atoms with Crippen molar-refractivity contribution in [3.05, 3.63) is 54.4 Å². The second-order valence-corrected chi connectivity index (χ2v) is 7.79. The molecule has 4 nitrogen and oxygen atoms in total. The number of nitrogens with one attached hydrogen (secondary N) is 1. The molecule has 112 valence electrons. The zero-order chi connectivity index (χ0) is 15.5. The van der Waals surface area contributed by atoms with Gasteiger partial charge in [0.1, 0.15) is 0 Å². The van der Waals surface area contributed by atoms with E-state index in [1.807, 2.05) is 12.1 Å². The molecule has 1 N–H and O–H groups in total. The van der Waals surface area contributed by atoms with Crippen molar-refractivity contribution in [2.24, 2.45) is 0 Å². The third kappa shape index (κ3) is 4.04. The quantitative estimate of drug-likeness (QED) is 0.923. The largest absolute Gasteiger partial charge is 0.384 e. The van der Waals surface area contributed by atoms with Crippen molar-refractivity contribution in [3.8, 4) is 0 Å². The minimum Gasteiger partial charge on any atom is -0.384 e. The first-order chi connectivity index (χ1) is 9.79. The van der Waals surface area contributed by atoms with Crippen LogP contribution in [0.15, 0.2) is 53.7 Å². The fourth-order valence-corrected chi connectivity index (χ4v) is 2.68. The van der Waals surface area contributed by atoms with Gasteiger partial charge >= 0.3 is 0 Å². The van der Waals surface area contributed by atoms with Crippen LogP contribution in [0.2, 0.25) is 0 Å². The lowest BCUT2D eigenvalue weighted by Crippen LogP contribution is -2.27. The van der Waals surface area contributed by atoms with Gasteiger partial charge in [0.05, 0.1) is 4.90 Å². The molecule has 21 heavy (non-hydrogen) atoms. The Balaban J connectivity index is 2.06. The number of anilines is 1. The summed E-state index contributed by atoms with van der Waals surface area (Å²) in [6.45, 7) is 5.05. The molecule has 0 amide bonds. The summed E-state index contributed by atoms with van der Waals surface area (Å²) in [5.41, 5.74) is 2.07. The van der Waals surface area contributed by atoms with E-state index in [2.05, 4.69) is 24.1 Å². The average molecular weight is 304 g/mol. The Morgan fingerprint density at radius 1 is 1.05 bits per heavy atom. The minimum atomic E-state index is -3.14. The fraction of sp³-hybridized carbons (Fsp3) is 0.312. The Labute approximate surface area is 126 Å². The number of aromatic nitrogens is 1. The lowest BCUT2D eigenvalue weighted by Gasteiger charge is -2.26. The van der Waals surface area contributed by atoms with Gasteiger partial charge in [-0.25, -0.2) is 8.42 Å². The SMILES string of the molecule is CC(C)(CNc1ccc(S(C)(=O)=O)cc1)c1ccncc1. The van der Waals surface area contributed by atoms with Gasteiger partial charge in [-0.05, 0) is 42.0 Å². The summed E-state index contributed by atoms with van der Waals surface area (Å²) in [5.74, 6) is 0. The van der Waals surface area contributed by atoms with Gasteiger partial charge in [0.2, 0.25) is 0 Å². The first kappa shape index (κ1) is 15.5. The monoisotopic (exact) mass is 304 g/mol. The Hall–Kier alpha value is -1.88. The minimum absolute atomic E-state index is 0.0432. The molecule has 0 saturated heterocycles. The van der Waals surface area contributed by atoms with Crippen molar-refractivity contribution in [2.75, 3.05) is 18.1 Å². The summed E-state index contributed by atoms with van der Waals surface area (Å²) in [6, 6.07) is 10.8. The Morgan fingerprint density at radius 2 is 1.62 bits per heavy atom. The van der Waals surface area contributed by atoms with Gasteiger partial charge in [-0.2, -0.15) is 0 Å². The molecule has 0 fully saturated rings. The molecule has 1 aromatic carbocycles. The van der Waals surface area contributed by atoms with Crippen LogP contribution < -0.4 is 5.32 Å². The molecule has 1 aromatic heterocycles. The molecule has 0 spiro atoms. The summed E-state index contributed by atoms with van der Waals surface area (Å²) in [5, 5.41) is 3.35. The highest BCUT2D eigenvalue weighted by Gasteiger charge is 2.20. The van der Waals surface area contributed by atoms with Gasteiger partial charge in [-0.1, -0.05) is 13.8 Å². The molecule has 0 bridgehead atoms. The van der Waals surface area contributed by atoms with Crippen LogP contribution in [-0.4, -0.2) is 26.2 Å². The van der Waals surface area contributed by atoms with E-state index in [0.717, 1.165) is 12.2 Å². The highest BCUT2D eigenvalue weighted by molar-refractivity contribution is 7.90. The zero-order valence-electron chi connectivity index (χ0n) is 12.5. The number of hydrogen-bond acceptors (Lipinski definition) is 4. The summed E-state index contributed by atoms with van der Waals surface area (Å²) >= 11 is 0. The van der Waals surface area contributed by atoms with E-state index in [1.165, 1.54) is 11.8 Å². The molecule has 0 radical (unpaired) electrons. The number of rotatable bonds is 5. The number of pyridine rings is 1. The van der Waals surface area contributed by atoms with Crippen LogP contribution in [0.1, 0.15) is 19.4 Å². The van der Waals surface area contributed by atoms with E-state index in [9.17, 15) is 8.42 Å². The van der Waals surface area contributed by atoms with Gasteiger partial charge in [-0.15, -0.1) is 0 Å². The van der Waals surface area contributed by atoms with Gasteiger partial charge in [0, 0.05) is 36.3 Å². The van der Waals surface area contributed by atoms with Crippen LogP contribution in [0, 0.1) is 0 Å². The van der Waals surface area contributed by atoms with Crippen LogP contribution in [0.25, 0.3) is 0 Å². The van der Waals surface area contributed by atoms with Crippen molar-refractivity contribution in [1.29, 1.82) is 0 Å². The molecule has 1 heterocycles. The van der Waals surface area contributed by atoms with Crippen molar-refractivity contribution in [3.63, 3.8) is 0 Å². The maximum absolute atomic E-state index is 11.4. The maximum Gasteiger partial charge on any atom is 0.175 e. The van der Waals surface area contributed by atoms with Gasteiger partial charge in [0.25, 0.3) is 0 Å². The van der Waals surface area contributed by atoms with Crippen LogP contribution >= 0.6 is 0 Å². The summed E-state index contributed by atoms with van der Waals surface area (Å²) < 4.78 is 22.8. The predicted molar refractivity (Wildman–Crippen MR) is 85.3 cm³/mol. The number of hydrogen-bond donors (Lipinski definition) is 1. The van der Waals surface area contributed by atoms with Crippen LogP contribution in [0.3, 0.4) is 0 Å². The lowest BCUT2D eigenvalue weighted by molar-refractivity contribution is 0.556. The second kappa shape index (κ2) is 5.85. The maximum atomic E-state index is 11.4. The molecule has 5 heteroatoms. The first-order valence-electron chi connectivity index (χ1n) is 6.73. The highest BCUT2D eigenvalue weighted by Crippen LogP contribution is 2.23. The highest BCUT2D eigenvalue weighted by atomic mass is 32.2. The first-order valence-corrected chi connectivity index (χ1v) is 8.63. The second-order valence-electron chi connectivity index (χ2n) is 5.77. The number of sulfone groups is 1. The standard InChI is InChI=1S/C16H20N2O2S/c1-16(2,13-8-10-17-11-9-13)12-18-14-4-6-15(7-5-14)21(3,19)20/h4-11,18H,12H2,1-3H3. The Bertz CT molecular complexity index is 693. The number of nitrogens with zero attached hydrogens (tertiary/aromatic N) is 1. The summed E-state index contributed by atoms with van der Waals surface area (Å²) in [4.78, 5) is 4.37. The molecule has 0 saturated carbocycles. The van der Waals surface area contributed by atoms with Gasteiger partial charge in [0.15, 0.2) is 9.84 Å². The summed E-state index contributed by atoms with van der Waals surface area (Å²) in [6.07, 6.45) is 4.79. The molecule has 0 aliphatic carbocycles. The van der Waals surface area contributed by atoms with Gasteiger partial charge < -0.3 is 5.32 Å². The topological polar surface area (TPSA) is 59.1 Å². The molecular weight excluding hydrogens is 284 g/mol.